The van der Waals surface area contributed by atoms with Crippen LogP contribution in [-0.2, 0) is 0 Å². The summed E-state index contributed by atoms with van der Waals surface area (Å²) in [7, 11) is 0. The molecule has 0 aliphatic rings. The first kappa shape index (κ1) is 13.8. The fourth-order valence-electron chi connectivity index (χ4n) is 1.46. The van der Waals surface area contributed by atoms with Crippen LogP contribution in [0.2, 0.25) is 10.0 Å². The van der Waals surface area contributed by atoms with Crippen LogP contribution in [0.5, 0.6) is 11.5 Å². The first-order chi connectivity index (χ1) is 9.10. The number of aromatic nitrogens is 1. The number of carbonyl (C=O) groups is 1. The van der Waals surface area contributed by atoms with Crippen molar-refractivity contribution in [2.24, 2.45) is 0 Å². The molecule has 2 aromatic rings. The molecule has 0 unspecified atom stereocenters. The third kappa shape index (κ3) is 3.46. The maximum absolute atomic E-state index is 11.4. The van der Waals surface area contributed by atoms with Gasteiger partial charge in [-0.25, -0.2) is 4.98 Å². The maximum Gasteiger partial charge on any atom is 0.180 e. The van der Waals surface area contributed by atoms with Gasteiger partial charge < -0.3 is 4.74 Å². The molecule has 3 nitrogen and oxygen atoms in total. The Morgan fingerprint density at radius 2 is 1.89 bits per heavy atom. The summed E-state index contributed by atoms with van der Waals surface area (Å²) in [5.41, 5.74) is 0.434. The Morgan fingerprint density at radius 1 is 1.16 bits per heavy atom. The topological polar surface area (TPSA) is 39.2 Å². The van der Waals surface area contributed by atoms with E-state index in [1.807, 2.05) is 0 Å². The lowest BCUT2D eigenvalue weighted by molar-refractivity contribution is 0.0983. The van der Waals surface area contributed by atoms with Crippen LogP contribution in [0.1, 0.15) is 23.8 Å². The van der Waals surface area contributed by atoms with Gasteiger partial charge in [0.2, 0.25) is 0 Å². The van der Waals surface area contributed by atoms with E-state index in [2.05, 4.69) is 4.98 Å². The summed E-state index contributed by atoms with van der Waals surface area (Å²) in [6, 6.07) is 8.31. The van der Waals surface area contributed by atoms with Crippen LogP contribution in [0.4, 0.5) is 0 Å². The van der Waals surface area contributed by atoms with Gasteiger partial charge in [0.25, 0.3) is 0 Å². The Hall–Kier alpha value is -1.58. The highest BCUT2D eigenvalue weighted by atomic mass is 35.5. The molecule has 0 saturated heterocycles. The zero-order valence-corrected chi connectivity index (χ0v) is 11.7. The lowest BCUT2D eigenvalue weighted by Crippen LogP contribution is -1.99. The molecule has 0 atom stereocenters. The van der Waals surface area contributed by atoms with Crippen molar-refractivity contribution in [3.8, 4) is 11.5 Å². The zero-order valence-electron chi connectivity index (χ0n) is 10.2. The van der Waals surface area contributed by atoms with E-state index in [1.165, 1.54) is 6.20 Å². The van der Waals surface area contributed by atoms with Gasteiger partial charge in [-0.1, -0.05) is 30.1 Å². The summed E-state index contributed by atoms with van der Waals surface area (Å²) in [6.07, 6.45) is 1.94. The monoisotopic (exact) mass is 295 g/mol. The van der Waals surface area contributed by atoms with Gasteiger partial charge in [0.15, 0.2) is 5.78 Å². The number of Topliss-reactive ketones (excluding diaryl/α,β-unsaturated/α-hetero) is 1. The van der Waals surface area contributed by atoms with Gasteiger partial charge in [0.05, 0.1) is 16.2 Å². The third-order valence-corrected chi connectivity index (χ3v) is 3.21. The quantitative estimate of drug-likeness (QED) is 0.763. The lowest BCUT2D eigenvalue weighted by Gasteiger charge is -2.06. The minimum Gasteiger partial charge on any atom is -0.456 e. The number of hydrogen-bond acceptors (Lipinski definition) is 3. The summed E-state index contributed by atoms with van der Waals surface area (Å²) >= 11 is 11.7. The van der Waals surface area contributed by atoms with Crippen molar-refractivity contribution in [2.75, 3.05) is 0 Å². The van der Waals surface area contributed by atoms with Gasteiger partial charge in [-0.2, -0.15) is 0 Å². The van der Waals surface area contributed by atoms with Crippen molar-refractivity contribution in [3.63, 3.8) is 0 Å². The zero-order chi connectivity index (χ0) is 13.8. The molecule has 0 N–H and O–H groups in total. The fraction of sp³-hybridized carbons (Fsp3) is 0.143. The van der Waals surface area contributed by atoms with Gasteiger partial charge in [0, 0.05) is 12.5 Å². The number of rotatable bonds is 4. The van der Waals surface area contributed by atoms with Crippen LogP contribution in [0.25, 0.3) is 0 Å². The Morgan fingerprint density at radius 3 is 2.47 bits per heavy atom. The predicted octanol–water partition coefficient (Wildman–Crippen LogP) is 4.77. The van der Waals surface area contributed by atoms with E-state index in [9.17, 15) is 4.79 Å². The number of halogens is 2. The summed E-state index contributed by atoms with van der Waals surface area (Å²) in [5, 5.41) is 0.890. The normalized spacial score (nSPS) is 10.3. The van der Waals surface area contributed by atoms with E-state index in [0.29, 0.717) is 33.7 Å². The third-order valence-electron chi connectivity index (χ3n) is 2.47. The molecule has 1 aromatic heterocycles. The van der Waals surface area contributed by atoms with E-state index in [1.54, 1.807) is 37.3 Å². The molecule has 0 bridgehead atoms. The number of carbonyl (C=O) groups excluding carboxylic acids is 1. The molecule has 1 heterocycles. The molecule has 0 aliphatic carbocycles. The number of hydrogen-bond donors (Lipinski definition) is 0. The number of nitrogens with zero attached hydrogens (tertiary/aromatic N) is 1. The second-order valence-corrected chi connectivity index (χ2v) is 4.65. The average molecular weight is 296 g/mol. The number of benzene rings is 1. The minimum absolute atomic E-state index is 0.00101. The van der Waals surface area contributed by atoms with E-state index < -0.39 is 0 Å². The van der Waals surface area contributed by atoms with Crippen LogP contribution < -0.4 is 4.74 Å². The Kier molecular flexibility index (Phi) is 4.40. The van der Waals surface area contributed by atoms with Crippen molar-refractivity contribution in [1.29, 1.82) is 0 Å². The van der Waals surface area contributed by atoms with Crippen molar-refractivity contribution in [1.82, 2.24) is 4.98 Å². The summed E-state index contributed by atoms with van der Waals surface area (Å²) in [4.78, 5) is 15.5. The number of ketones is 1. The Balaban J connectivity index is 2.15. The minimum atomic E-state index is 0.00101. The highest BCUT2D eigenvalue weighted by Crippen LogP contribution is 2.29. The standard InChI is InChI=1S/C14H11Cl2NO2/c1-2-14(18)13-6-4-10(8-17-13)19-9-3-5-11(15)12(16)7-9/h3-8H,2H2,1H3. The van der Waals surface area contributed by atoms with Crippen LogP contribution >= 0.6 is 23.2 Å². The van der Waals surface area contributed by atoms with Gasteiger partial charge in [-0.05, 0) is 24.3 Å². The molecular weight excluding hydrogens is 285 g/mol. The van der Waals surface area contributed by atoms with Crippen molar-refractivity contribution in [2.45, 2.75) is 13.3 Å². The summed E-state index contributed by atoms with van der Waals surface area (Å²) in [6.45, 7) is 1.80. The molecule has 0 amide bonds. The molecule has 0 spiro atoms. The average Bonchev–Trinajstić information content (AvgIpc) is 2.43. The Labute approximate surface area is 121 Å². The van der Waals surface area contributed by atoms with E-state index >= 15 is 0 Å². The molecule has 0 fully saturated rings. The van der Waals surface area contributed by atoms with Crippen molar-refractivity contribution in [3.05, 3.63) is 52.3 Å². The summed E-state index contributed by atoms with van der Waals surface area (Å²) < 4.78 is 5.57. The predicted molar refractivity (Wildman–Crippen MR) is 75.4 cm³/mol. The highest BCUT2D eigenvalue weighted by molar-refractivity contribution is 6.42. The number of pyridine rings is 1. The van der Waals surface area contributed by atoms with Crippen LogP contribution in [0.15, 0.2) is 36.5 Å². The highest BCUT2D eigenvalue weighted by Gasteiger charge is 2.06. The second kappa shape index (κ2) is 6.04. The first-order valence-electron chi connectivity index (χ1n) is 5.72. The number of ether oxygens (including phenoxy) is 1. The van der Waals surface area contributed by atoms with Gasteiger partial charge in [-0.3, -0.25) is 4.79 Å². The van der Waals surface area contributed by atoms with Crippen molar-refractivity contribution >= 4 is 29.0 Å². The SMILES string of the molecule is CCC(=O)c1ccc(Oc2ccc(Cl)c(Cl)c2)cn1. The largest absolute Gasteiger partial charge is 0.456 e. The molecule has 0 radical (unpaired) electrons. The van der Waals surface area contributed by atoms with Gasteiger partial charge >= 0.3 is 0 Å². The smallest absolute Gasteiger partial charge is 0.180 e. The Bertz CT molecular complexity index is 597. The van der Waals surface area contributed by atoms with Crippen molar-refractivity contribution < 1.29 is 9.53 Å². The van der Waals surface area contributed by atoms with E-state index in [-0.39, 0.29) is 5.78 Å². The first-order valence-corrected chi connectivity index (χ1v) is 6.48. The van der Waals surface area contributed by atoms with Crippen LogP contribution in [-0.4, -0.2) is 10.8 Å². The molecule has 0 aliphatic heterocycles. The van der Waals surface area contributed by atoms with Gasteiger partial charge in [0.1, 0.15) is 17.2 Å². The second-order valence-electron chi connectivity index (χ2n) is 3.83. The van der Waals surface area contributed by atoms with E-state index in [0.717, 1.165) is 0 Å². The van der Waals surface area contributed by atoms with Gasteiger partial charge in [-0.15, -0.1) is 0 Å². The molecule has 1 aromatic carbocycles. The molecule has 98 valence electrons. The fourth-order valence-corrected chi connectivity index (χ4v) is 1.75. The molecule has 19 heavy (non-hydrogen) atoms. The van der Waals surface area contributed by atoms with E-state index in [4.69, 9.17) is 27.9 Å². The molecule has 2 rings (SSSR count). The lowest BCUT2D eigenvalue weighted by atomic mass is 10.2. The van der Waals surface area contributed by atoms with Crippen LogP contribution in [0, 0.1) is 0 Å². The molecular formula is C14H11Cl2NO2. The summed E-state index contributed by atoms with van der Waals surface area (Å²) in [5.74, 6) is 1.10. The maximum atomic E-state index is 11.4. The molecule has 5 heteroatoms. The van der Waals surface area contributed by atoms with Crippen LogP contribution in [0.3, 0.4) is 0 Å². The molecule has 0 saturated carbocycles.